The van der Waals surface area contributed by atoms with Crippen molar-refractivity contribution in [3.63, 3.8) is 0 Å². The maximum Gasteiger partial charge on any atom is 0.296 e. The van der Waals surface area contributed by atoms with Crippen molar-refractivity contribution in [2.75, 3.05) is 6.61 Å². The first-order chi connectivity index (χ1) is 8.97. The van der Waals surface area contributed by atoms with E-state index in [0.29, 0.717) is 6.42 Å². The van der Waals surface area contributed by atoms with E-state index in [4.69, 9.17) is 8.60 Å². The highest BCUT2D eigenvalue weighted by Gasteiger charge is 2.14. The Balaban J connectivity index is 1.96. The second kappa shape index (κ2) is 5.59. The van der Waals surface area contributed by atoms with E-state index in [1.807, 2.05) is 26.0 Å². The maximum atomic E-state index is 11.9. The van der Waals surface area contributed by atoms with Gasteiger partial charge in [0.15, 0.2) is 0 Å². The standard InChI is InChI=1S/C14H16O4S/c1-11-3-7-14(8-4-11)19(15,16)17-10-9-13-6-5-12(2)18-13/h3-8H,9-10H2,1-2H3. The van der Waals surface area contributed by atoms with E-state index in [9.17, 15) is 8.42 Å². The zero-order valence-corrected chi connectivity index (χ0v) is 11.7. The number of furan rings is 1. The lowest BCUT2D eigenvalue weighted by Crippen LogP contribution is -2.09. The highest BCUT2D eigenvalue weighted by molar-refractivity contribution is 7.86. The van der Waals surface area contributed by atoms with Gasteiger partial charge < -0.3 is 4.42 Å². The average Bonchev–Trinajstić information content (AvgIpc) is 2.75. The Morgan fingerprint density at radius 2 is 1.74 bits per heavy atom. The molecule has 0 N–H and O–H groups in total. The van der Waals surface area contributed by atoms with Crippen molar-refractivity contribution in [1.82, 2.24) is 0 Å². The molecule has 102 valence electrons. The van der Waals surface area contributed by atoms with Crippen molar-refractivity contribution in [2.45, 2.75) is 25.2 Å². The minimum absolute atomic E-state index is 0.0726. The Morgan fingerprint density at radius 1 is 1.05 bits per heavy atom. The minimum Gasteiger partial charge on any atom is -0.466 e. The average molecular weight is 280 g/mol. The molecule has 0 unspecified atom stereocenters. The van der Waals surface area contributed by atoms with Gasteiger partial charge >= 0.3 is 0 Å². The van der Waals surface area contributed by atoms with Crippen LogP contribution >= 0.6 is 0 Å². The Labute approximate surface area is 113 Å². The van der Waals surface area contributed by atoms with E-state index in [1.165, 1.54) is 0 Å². The second-order valence-corrected chi connectivity index (χ2v) is 5.97. The molecule has 4 nitrogen and oxygen atoms in total. The third-order valence-corrected chi connectivity index (χ3v) is 4.02. The van der Waals surface area contributed by atoms with Crippen LogP contribution in [-0.2, 0) is 20.7 Å². The summed E-state index contributed by atoms with van der Waals surface area (Å²) in [7, 11) is -3.68. The van der Waals surface area contributed by atoms with Crippen molar-refractivity contribution in [1.29, 1.82) is 0 Å². The van der Waals surface area contributed by atoms with Crippen LogP contribution in [0.15, 0.2) is 45.7 Å². The predicted octanol–water partition coefficient (Wildman–Crippen LogP) is 2.84. The zero-order chi connectivity index (χ0) is 13.9. The SMILES string of the molecule is Cc1ccc(S(=O)(=O)OCCc2ccc(C)o2)cc1. The first kappa shape index (κ1) is 13.8. The van der Waals surface area contributed by atoms with Gasteiger partial charge in [-0.1, -0.05) is 17.7 Å². The van der Waals surface area contributed by atoms with E-state index < -0.39 is 10.1 Å². The quantitative estimate of drug-likeness (QED) is 0.790. The van der Waals surface area contributed by atoms with Gasteiger partial charge in [0, 0.05) is 6.42 Å². The van der Waals surface area contributed by atoms with Crippen LogP contribution in [0.4, 0.5) is 0 Å². The lowest BCUT2D eigenvalue weighted by molar-refractivity contribution is 0.309. The Hall–Kier alpha value is -1.59. The first-order valence-corrected chi connectivity index (χ1v) is 7.39. The molecule has 1 aromatic carbocycles. The molecular formula is C14H16O4S. The smallest absolute Gasteiger partial charge is 0.296 e. The number of benzene rings is 1. The summed E-state index contributed by atoms with van der Waals surface area (Å²) in [6.45, 7) is 3.81. The summed E-state index contributed by atoms with van der Waals surface area (Å²) >= 11 is 0. The summed E-state index contributed by atoms with van der Waals surface area (Å²) < 4.78 is 34.1. The molecule has 0 aliphatic heterocycles. The van der Waals surface area contributed by atoms with Crippen LogP contribution in [0.25, 0.3) is 0 Å². The van der Waals surface area contributed by atoms with Gasteiger partial charge in [-0.2, -0.15) is 8.42 Å². The number of aryl methyl sites for hydroxylation is 2. The molecule has 0 aliphatic rings. The molecule has 5 heteroatoms. The van der Waals surface area contributed by atoms with Crippen LogP contribution < -0.4 is 0 Å². The molecule has 0 atom stereocenters. The third-order valence-electron chi connectivity index (χ3n) is 2.69. The van der Waals surface area contributed by atoms with Gasteiger partial charge in [-0.25, -0.2) is 0 Å². The van der Waals surface area contributed by atoms with Gasteiger partial charge in [-0.05, 0) is 38.1 Å². The van der Waals surface area contributed by atoms with Gasteiger partial charge in [0.25, 0.3) is 10.1 Å². The molecule has 1 heterocycles. The Morgan fingerprint density at radius 3 is 2.32 bits per heavy atom. The lowest BCUT2D eigenvalue weighted by atomic mass is 10.2. The van der Waals surface area contributed by atoms with Crippen molar-refractivity contribution in [2.24, 2.45) is 0 Å². The molecular weight excluding hydrogens is 264 g/mol. The van der Waals surface area contributed by atoms with Crippen LogP contribution in [-0.4, -0.2) is 15.0 Å². The van der Waals surface area contributed by atoms with Gasteiger partial charge in [0.2, 0.25) is 0 Å². The van der Waals surface area contributed by atoms with Gasteiger partial charge in [0.05, 0.1) is 11.5 Å². The molecule has 0 spiro atoms. The molecule has 1 aromatic heterocycles. The van der Waals surface area contributed by atoms with Crippen LogP contribution in [0.2, 0.25) is 0 Å². The summed E-state index contributed by atoms with van der Waals surface area (Å²) in [5, 5.41) is 0. The molecule has 2 aromatic rings. The molecule has 2 rings (SSSR count). The highest BCUT2D eigenvalue weighted by atomic mass is 32.2. The minimum atomic E-state index is -3.68. The van der Waals surface area contributed by atoms with Gasteiger partial charge in [-0.15, -0.1) is 0 Å². The van der Waals surface area contributed by atoms with Gasteiger partial charge in [0.1, 0.15) is 11.5 Å². The predicted molar refractivity (Wildman–Crippen MR) is 71.5 cm³/mol. The van der Waals surface area contributed by atoms with Crippen LogP contribution in [0.5, 0.6) is 0 Å². The van der Waals surface area contributed by atoms with Crippen LogP contribution in [0, 0.1) is 13.8 Å². The summed E-state index contributed by atoms with van der Waals surface area (Å²) in [6, 6.07) is 10.2. The molecule has 0 bridgehead atoms. The maximum absolute atomic E-state index is 11.9. The van der Waals surface area contributed by atoms with E-state index >= 15 is 0 Å². The Bertz CT molecular complexity index is 638. The van der Waals surface area contributed by atoms with Crippen LogP contribution in [0.1, 0.15) is 17.1 Å². The fraction of sp³-hybridized carbons (Fsp3) is 0.286. The molecule has 0 aliphatic carbocycles. The van der Waals surface area contributed by atoms with E-state index in [1.54, 1.807) is 24.3 Å². The fourth-order valence-corrected chi connectivity index (χ4v) is 2.55. The van der Waals surface area contributed by atoms with E-state index in [0.717, 1.165) is 17.1 Å². The number of hydrogen-bond acceptors (Lipinski definition) is 4. The first-order valence-electron chi connectivity index (χ1n) is 5.99. The normalized spacial score (nSPS) is 11.7. The largest absolute Gasteiger partial charge is 0.466 e. The molecule has 0 amide bonds. The van der Waals surface area contributed by atoms with Crippen molar-refractivity contribution < 1.29 is 17.0 Å². The third kappa shape index (κ3) is 3.68. The van der Waals surface area contributed by atoms with Gasteiger partial charge in [-0.3, -0.25) is 4.18 Å². The summed E-state index contributed by atoms with van der Waals surface area (Å²) in [5.41, 5.74) is 1.00. The molecule has 0 fully saturated rings. The molecule has 0 saturated heterocycles. The van der Waals surface area contributed by atoms with E-state index in [2.05, 4.69) is 0 Å². The van der Waals surface area contributed by atoms with Crippen molar-refractivity contribution in [3.8, 4) is 0 Å². The summed E-state index contributed by atoms with van der Waals surface area (Å²) in [5.74, 6) is 1.52. The molecule has 0 saturated carbocycles. The van der Waals surface area contributed by atoms with Crippen LogP contribution in [0.3, 0.4) is 0 Å². The summed E-state index contributed by atoms with van der Waals surface area (Å²) in [4.78, 5) is 0.175. The molecule has 0 radical (unpaired) electrons. The highest BCUT2D eigenvalue weighted by Crippen LogP contribution is 2.14. The zero-order valence-electron chi connectivity index (χ0n) is 10.9. The van der Waals surface area contributed by atoms with E-state index in [-0.39, 0.29) is 11.5 Å². The van der Waals surface area contributed by atoms with Crippen molar-refractivity contribution >= 4 is 10.1 Å². The van der Waals surface area contributed by atoms with Crippen molar-refractivity contribution in [3.05, 3.63) is 53.5 Å². The molecule has 19 heavy (non-hydrogen) atoms. The number of hydrogen-bond donors (Lipinski definition) is 0. The second-order valence-electron chi connectivity index (χ2n) is 4.35. The number of rotatable bonds is 5. The lowest BCUT2D eigenvalue weighted by Gasteiger charge is -2.05. The topological polar surface area (TPSA) is 56.5 Å². The summed E-state index contributed by atoms with van der Waals surface area (Å²) in [6.07, 6.45) is 0.429. The Kier molecular flexibility index (Phi) is 4.07. The fourth-order valence-electron chi connectivity index (χ4n) is 1.64. The monoisotopic (exact) mass is 280 g/mol.